The lowest BCUT2D eigenvalue weighted by atomic mass is 9.73. The molecule has 2 saturated heterocycles. The Morgan fingerprint density at radius 1 is 0.974 bits per heavy atom. The van der Waals surface area contributed by atoms with Crippen LogP contribution in [0.4, 0.5) is 0 Å². The van der Waals surface area contributed by atoms with E-state index in [1.54, 1.807) is 4.90 Å². The summed E-state index contributed by atoms with van der Waals surface area (Å²) < 4.78 is 6.36. The van der Waals surface area contributed by atoms with Crippen molar-refractivity contribution >= 4 is 17.7 Å². The molecule has 3 atom stereocenters. The highest BCUT2D eigenvalue weighted by Crippen LogP contribution is 2.50. The number of hydrogen-bond donors (Lipinski definition) is 1. The Bertz CT molecular complexity index is 1300. The summed E-state index contributed by atoms with van der Waals surface area (Å²) in [7, 11) is 0. The summed E-state index contributed by atoms with van der Waals surface area (Å²) in [5, 5.41) is 2.39. The van der Waals surface area contributed by atoms with E-state index in [0.29, 0.717) is 31.1 Å². The van der Waals surface area contributed by atoms with Crippen molar-refractivity contribution in [1.82, 2.24) is 15.1 Å². The van der Waals surface area contributed by atoms with Crippen molar-refractivity contribution < 1.29 is 19.1 Å². The van der Waals surface area contributed by atoms with Gasteiger partial charge in [0.1, 0.15) is 11.8 Å². The highest BCUT2D eigenvalue weighted by Gasteiger charge is 2.47. The first-order valence-electron chi connectivity index (χ1n) is 14.7. The van der Waals surface area contributed by atoms with Crippen LogP contribution in [0.2, 0.25) is 0 Å². The molecule has 2 aromatic carbocycles. The molecule has 5 aliphatic rings. The summed E-state index contributed by atoms with van der Waals surface area (Å²) in [6.45, 7) is 4.38. The molecule has 3 fully saturated rings. The Kier molecular flexibility index (Phi) is 6.22. The van der Waals surface area contributed by atoms with E-state index in [1.165, 1.54) is 43.4 Å². The molecule has 1 spiro atoms. The fourth-order valence-corrected chi connectivity index (χ4v) is 7.91. The predicted molar refractivity (Wildman–Crippen MR) is 146 cm³/mol. The lowest BCUT2D eigenvalue weighted by Gasteiger charge is -2.41. The van der Waals surface area contributed by atoms with Crippen LogP contribution in [-0.2, 0) is 21.5 Å². The maximum atomic E-state index is 13.2. The molecule has 7 heteroatoms. The van der Waals surface area contributed by atoms with Crippen LogP contribution in [0.3, 0.4) is 0 Å². The molecule has 7 rings (SSSR count). The number of rotatable bonds is 4. The third-order valence-corrected chi connectivity index (χ3v) is 10.1. The first-order chi connectivity index (χ1) is 19.0. The summed E-state index contributed by atoms with van der Waals surface area (Å²) in [6, 6.07) is 14.5. The van der Waals surface area contributed by atoms with E-state index in [9.17, 15) is 14.4 Å². The van der Waals surface area contributed by atoms with Gasteiger partial charge < -0.3 is 14.5 Å². The van der Waals surface area contributed by atoms with Gasteiger partial charge in [0.05, 0.1) is 13.2 Å². The average molecular weight is 528 g/mol. The second kappa shape index (κ2) is 9.77. The Hall–Kier alpha value is -3.19. The van der Waals surface area contributed by atoms with Gasteiger partial charge in [-0.2, -0.15) is 0 Å². The zero-order chi connectivity index (χ0) is 26.6. The van der Waals surface area contributed by atoms with Gasteiger partial charge in [-0.25, -0.2) is 0 Å². The first kappa shape index (κ1) is 24.8. The number of likely N-dealkylation sites (tertiary alicyclic amines) is 1. The topological polar surface area (TPSA) is 79.0 Å². The van der Waals surface area contributed by atoms with Gasteiger partial charge >= 0.3 is 0 Å². The molecular formula is C32H37N3O4. The van der Waals surface area contributed by atoms with Crippen LogP contribution in [0, 0.1) is 5.92 Å². The first-order valence-corrected chi connectivity index (χ1v) is 14.7. The van der Waals surface area contributed by atoms with Crippen LogP contribution in [0.25, 0.3) is 0 Å². The number of carbonyl (C=O) groups excluding carboxylic acids is 3. The summed E-state index contributed by atoms with van der Waals surface area (Å²) >= 11 is 0. The van der Waals surface area contributed by atoms with Gasteiger partial charge in [-0.1, -0.05) is 42.8 Å². The van der Waals surface area contributed by atoms with Gasteiger partial charge in [-0.05, 0) is 75.1 Å². The van der Waals surface area contributed by atoms with Gasteiger partial charge in [0, 0.05) is 35.1 Å². The van der Waals surface area contributed by atoms with Crippen LogP contribution in [0.5, 0.6) is 5.75 Å². The highest BCUT2D eigenvalue weighted by atomic mass is 16.5. The smallest absolute Gasteiger partial charge is 0.255 e. The minimum atomic E-state index is -0.599. The lowest BCUT2D eigenvalue weighted by Crippen LogP contribution is -2.52. The molecule has 204 valence electrons. The zero-order valence-corrected chi connectivity index (χ0v) is 22.5. The van der Waals surface area contributed by atoms with E-state index in [0.717, 1.165) is 43.2 Å². The SMILES string of the molecule is O=C1CCC(N2Cc3c(ccc4c3OCC43CCN(CC4CCCC(c5ccccc5)C4)CC3)C2=O)C(=O)N1. The summed E-state index contributed by atoms with van der Waals surface area (Å²) in [6.07, 6.45) is 8.03. The number of benzene rings is 2. The van der Waals surface area contributed by atoms with Crippen LogP contribution < -0.4 is 10.1 Å². The number of amides is 3. The fraction of sp³-hybridized carbons (Fsp3) is 0.531. The van der Waals surface area contributed by atoms with Crippen molar-refractivity contribution in [2.45, 2.75) is 75.3 Å². The number of nitrogens with zero attached hydrogens (tertiary/aromatic N) is 2. The Labute approximate surface area is 229 Å². The molecule has 3 unspecified atom stereocenters. The van der Waals surface area contributed by atoms with Gasteiger partial charge in [0.2, 0.25) is 11.8 Å². The minimum absolute atomic E-state index is 0.00506. The molecule has 4 heterocycles. The minimum Gasteiger partial charge on any atom is -0.492 e. The normalized spacial score (nSPS) is 28.3. The number of hydrogen-bond acceptors (Lipinski definition) is 5. The summed E-state index contributed by atoms with van der Waals surface area (Å²) in [5.41, 5.74) is 4.29. The Balaban J connectivity index is 1.01. The number of ether oxygens (including phenoxy) is 1. The number of carbonyl (C=O) groups is 3. The van der Waals surface area contributed by atoms with Crippen molar-refractivity contribution in [2.75, 3.05) is 26.2 Å². The van der Waals surface area contributed by atoms with Crippen LogP contribution in [-0.4, -0.2) is 59.8 Å². The van der Waals surface area contributed by atoms with E-state index in [2.05, 4.69) is 46.6 Å². The van der Waals surface area contributed by atoms with E-state index >= 15 is 0 Å². The Morgan fingerprint density at radius 2 is 1.79 bits per heavy atom. The highest BCUT2D eigenvalue weighted by molar-refractivity contribution is 6.05. The molecule has 1 N–H and O–H groups in total. The van der Waals surface area contributed by atoms with Crippen LogP contribution >= 0.6 is 0 Å². The number of fused-ring (bicyclic) bond motifs is 4. The molecule has 1 aliphatic carbocycles. The van der Waals surface area contributed by atoms with Gasteiger partial charge in [-0.3, -0.25) is 19.7 Å². The fourth-order valence-electron chi connectivity index (χ4n) is 7.91. The van der Waals surface area contributed by atoms with Crippen molar-refractivity contribution in [3.05, 3.63) is 64.7 Å². The number of imide groups is 1. The van der Waals surface area contributed by atoms with Gasteiger partial charge in [-0.15, -0.1) is 0 Å². The van der Waals surface area contributed by atoms with Crippen molar-refractivity contribution in [3.8, 4) is 5.75 Å². The molecular weight excluding hydrogens is 490 g/mol. The quantitative estimate of drug-likeness (QED) is 0.605. The van der Waals surface area contributed by atoms with Crippen molar-refractivity contribution in [3.63, 3.8) is 0 Å². The van der Waals surface area contributed by atoms with Crippen LogP contribution in [0.15, 0.2) is 42.5 Å². The Morgan fingerprint density at radius 3 is 2.59 bits per heavy atom. The summed E-state index contributed by atoms with van der Waals surface area (Å²) in [5.74, 6) is 1.54. The molecule has 3 amide bonds. The molecule has 0 radical (unpaired) electrons. The van der Waals surface area contributed by atoms with Crippen molar-refractivity contribution in [1.29, 1.82) is 0 Å². The molecule has 0 bridgehead atoms. The van der Waals surface area contributed by atoms with Gasteiger partial charge in [0.25, 0.3) is 5.91 Å². The number of nitrogens with one attached hydrogen (secondary N) is 1. The van der Waals surface area contributed by atoms with Gasteiger partial charge in [0.15, 0.2) is 0 Å². The van der Waals surface area contributed by atoms with Crippen LogP contribution in [0.1, 0.15) is 84.3 Å². The van der Waals surface area contributed by atoms with E-state index in [4.69, 9.17) is 4.74 Å². The maximum Gasteiger partial charge on any atom is 0.255 e. The van der Waals surface area contributed by atoms with E-state index in [1.807, 2.05) is 6.07 Å². The molecule has 39 heavy (non-hydrogen) atoms. The van der Waals surface area contributed by atoms with E-state index in [-0.39, 0.29) is 29.6 Å². The molecule has 7 nitrogen and oxygen atoms in total. The third-order valence-electron chi connectivity index (χ3n) is 10.1. The average Bonchev–Trinajstić information content (AvgIpc) is 3.48. The standard InChI is InChI=1S/C32H37N3O4/c36-28-12-11-27(30(37)33-28)35-19-25-24(31(35)38)9-10-26-29(25)39-20-32(26)13-15-34(16-14-32)18-21-5-4-8-23(17-21)22-6-2-1-3-7-22/h1-3,6-7,9-10,21,23,27H,4-5,8,11-20H2,(H,33,36,37). The maximum absolute atomic E-state index is 13.2. The van der Waals surface area contributed by atoms with Crippen molar-refractivity contribution in [2.24, 2.45) is 5.92 Å². The zero-order valence-electron chi connectivity index (χ0n) is 22.5. The summed E-state index contributed by atoms with van der Waals surface area (Å²) in [4.78, 5) is 41.6. The lowest BCUT2D eigenvalue weighted by molar-refractivity contribution is -0.136. The molecule has 2 aromatic rings. The van der Waals surface area contributed by atoms with E-state index < -0.39 is 6.04 Å². The third kappa shape index (κ3) is 4.35. The monoisotopic (exact) mass is 527 g/mol. The largest absolute Gasteiger partial charge is 0.492 e. The molecule has 0 aromatic heterocycles. The molecule has 1 saturated carbocycles. The second-order valence-electron chi connectivity index (χ2n) is 12.4. The second-order valence-corrected chi connectivity index (χ2v) is 12.4. The molecule has 4 aliphatic heterocycles. The number of piperidine rings is 2. The predicted octanol–water partition coefficient (Wildman–Crippen LogP) is 4.15.